The van der Waals surface area contributed by atoms with Gasteiger partial charge in [0, 0.05) is 17.9 Å². The van der Waals surface area contributed by atoms with Crippen LogP contribution in [0.1, 0.15) is 59.5 Å². The lowest BCUT2D eigenvalue weighted by molar-refractivity contribution is -0.133. The number of hydrogen-bond acceptors (Lipinski definition) is 5. The molecule has 162 valence electrons. The second-order valence-corrected chi connectivity index (χ2v) is 8.30. The van der Waals surface area contributed by atoms with Gasteiger partial charge in [-0.15, -0.1) is 0 Å². The van der Waals surface area contributed by atoms with Crippen molar-refractivity contribution in [1.82, 2.24) is 5.01 Å². The molecule has 1 aliphatic carbocycles. The van der Waals surface area contributed by atoms with Crippen LogP contribution >= 0.6 is 0 Å². The van der Waals surface area contributed by atoms with Crippen molar-refractivity contribution >= 4 is 18.1 Å². The standard InChI is InChI=1S/C25H28N2O4/c1-17-5-8-20(9-6-17)25-21-12-11-19-10-7-18(15-28)14-22(19)24(21)26-27(25)23(30)4-2-3-13-31-16-29/h5-10,14,16,21,25,28H,2-4,11-13,15H2,1H3/t21-,25-/m1/s1. The first kappa shape index (κ1) is 21.2. The molecule has 1 heterocycles. The van der Waals surface area contributed by atoms with Crippen LogP contribution in [-0.2, 0) is 27.4 Å². The zero-order valence-electron chi connectivity index (χ0n) is 17.8. The molecule has 2 aromatic rings. The molecule has 2 atom stereocenters. The van der Waals surface area contributed by atoms with Gasteiger partial charge in [0.1, 0.15) is 0 Å². The Bertz CT molecular complexity index is 984. The molecule has 0 radical (unpaired) electrons. The average molecular weight is 421 g/mol. The van der Waals surface area contributed by atoms with E-state index in [0.29, 0.717) is 32.3 Å². The summed E-state index contributed by atoms with van der Waals surface area (Å²) in [6.07, 6.45) is 3.51. The summed E-state index contributed by atoms with van der Waals surface area (Å²) >= 11 is 0. The van der Waals surface area contributed by atoms with E-state index in [1.165, 1.54) is 11.1 Å². The van der Waals surface area contributed by atoms with Gasteiger partial charge in [0.2, 0.25) is 5.91 Å². The van der Waals surface area contributed by atoms with E-state index in [9.17, 15) is 14.7 Å². The van der Waals surface area contributed by atoms with Crippen molar-refractivity contribution < 1.29 is 19.4 Å². The van der Waals surface area contributed by atoms with Crippen LogP contribution in [0.15, 0.2) is 47.6 Å². The van der Waals surface area contributed by atoms with E-state index in [4.69, 9.17) is 9.84 Å². The topological polar surface area (TPSA) is 79.2 Å². The zero-order valence-corrected chi connectivity index (χ0v) is 17.8. The summed E-state index contributed by atoms with van der Waals surface area (Å²) in [5.41, 5.74) is 6.34. The molecule has 1 aliphatic heterocycles. The second kappa shape index (κ2) is 9.43. The first-order chi connectivity index (χ1) is 15.1. The summed E-state index contributed by atoms with van der Waals surface area (Å²) in [6.45, 7) is 2.80. The van der Waals surface area contributed by atoms with Crippen molar-refractivity contribution in [3.63, 3.8) is 0 Å². The first-order valence-electron chi connectivity index (χ1n) is 10.9. The molecule has 0 saturated carbocycles. The summed E-state index contributed by atoms with van der Waals surface area (Å²) in [7, 11) is 0. The Morgan fingerprint density at radius 2 is 2.03 bits per heavy atom. The minimum atomic E-state index is -0.125. The molecule has 2 aromatic carbocycles. The number of amides is 1. The van der Waals surface area contributed by atoms with E-state index in [-0.39, 0.29) is 24.5 Å². The van der Waals surface area contributed by atoms with Gasteiger partial charge in [-0.1, -0.05) is 42.0 Å². The number of benzene rings is 2. The van der Waals surface area contributed by atoms with Crippen LogP contribution in [0.4, 0.5) is 0 Å². The Balaban J connectivity index is 1.64. The first-order valence-corrected chi connectivity index (χ1v) is 10.9. The number of hydrogen-bond donors (Lipinski definition) is 1. The molecule has 6 nitrogen and oxygen atoms in total. The number of fused-ring (bicyclic) bond motifs is 3. The number of carbonyl (C=O) groups is 2. The number of carbonyl (C=O) groups excluding carboxylic acids is 2. The highest BCUT2D eigenvalue weighted by atomic mass is 16.5. The van der Waals surface area contributed by atoms with E-state index in [2.05, 4.69) is 37.3 Å². The molecule has 0 bridgehead atoms. The lowest BCUT2D eigenvalue weighted by atomic mass is 9.77. The minimum Gasteiger partial charge on any atom is -0.468 e. The van der Waals surface area contributed by atoms with Gasteiger partial charge in [0.05, 0.1) is 25.0 Å². The van der Waals surface area contributed by atoms with Crippen LogP contribution in [0.3, 0.4) is 0 Å². The summed E-state index contributed by atoms with van der Waals surface area (Å²) < 4.78 is 4.73. The molecular weight excluding hydrogens is 392 g/mol. The predicted molar refractivity (Wildman–Crippen MR) is 117 cm³/mol. The fourth-order valence-electron chi connectivity index (χ4n) is 4.58. The van der Waals surface area contributed by atoms with Crippen LogP contribution < -0.4 is 0 Å². The third kappa shape index (κ3) is 4.39. The highest BCUT2D eigenvalue weighted by Crippen LogP contribution is 2.44. The number of aryl methyl sites for hydroxylation is 2. The normalized spacial score (nSPS) is 19.4. The number of aliphatic hydroxyl groups is 1. The lowest BCUT2D eigenvalue weighted by Gasteiger charge is -2.30. The third-order valence-electron chi connectivity index (χ3n) is 6.21. The van der Waals surface area contributed by atoms with Crippen molar-refractivity contribution in [2.45, 2.75) is 51.7 Å². The molecule has 0 unspecified atom stereocenters. The smallest absolute Gasteiger partial charge is 0.293 e. The van der Waals surface area contributed by atoms with Crippen molar-refractivity contribution in [1.29, 1.82) is 0 Å². The lowest BCUT2D eigenvalue weighted by Crippen LogP contribution is -2.32. The van der Waals surface area contributed by atoms with Gasteiger partial charge >= 0.3 is 0 Å². The molecule has 0 saturated heterocycles. The Hall–Kier alpha value is -2.99. The van der Waals surface area contributed by atoms with Crippen LogP contribution in [-0.4, -0.2) is 34.8 Å². The molecule has 0 spiro atoms. The van der Waals surface area contributed by atoms with Crippen molar-refractivity contribution in [3.05, 3.63) is 70.3 Å². The van der Waals surface area contributed by atoms with E-state index < -0.39 is 0 Å². The average Bonchev–Trinajstić information content (AvgIpc) is 3.19. The third-order valence-corrected chi connectivity index (χ3v) is 6.21. The molecule has 1 amide bonds. The molecule has 1 N–H and O–H groups in total. The van der Waals surface area contributed by atoms with Gasteiger partial charge in [-0.05, 0) is 55.4 Å². The largest absolute Gasteiger partial charge is 0.468 e. The van der Waals surface area contributed by atoms with E-state index in [1.807, 2.05) is 12.1 Å². The van der Waals surface area contributed by atoms with Crippen molar-refractivity contribution in [3.8, 4) is 0 Å². The van der Waals surface area contributed by atoms with Gasteiger partial charge in [-0.2, -0.15) is 5.10 Å². The number of rotatable bonds is 8. The molecule has 31 heavy (non-hydrogen) atoms. The monoisotopic (exact) mass is 420 g/mol. The molecule has 4 rings (SSSR count). The van der Waals surface area contributed by atoms with Crippen molar-refractivity contribution in [2.75, 3.05) is 6.61 Å². The van der Waals surface area contributed by atoms with Crippen LogP contribution in [0.5, 0.6) is 0 Å². The highest BCUT2D eigenvalue weighted by molar-refractivity contribution is 6.07. The summed E-state index contributed by atoms with van der Waals surface area (Å²) in [4.78, 5) is 23.5. The summed E-state index contributed by atoms with van der Waals surface area (Å²) in [6, 6.07) is 14.2. The molecule has 2 aliphatic rings. The fraction of sp³-hybridized carbons (Fsp3) is 0.400. The second-order valence-electron chi connectivity index (χ2n) is 8.30. The Labute approximate surface area is 182 Å². The molecule has 0 fully saturated rings. The van der Waals surface area contributed by atoms with E-state index in [0.717, 1.165) is 35.2 Å². The number of hydrazone groups is 1. The minimum absolute atomic E-state index is 0.0153. The van der Waals surface area contributed by atoms with Gasteiger partial charge < -0.3 is 9.84 Å². The Kier molecular flexibility index (Phi) is 6.47. The number of aliphatic hydroxyl groups excluding tert-OH is 1. The number of ether oxygens (including phenoxy) is 1. The van der Waals surface area contributed by atoms with Crippen molar-refractivity contribution in [2.24, 2.45) is 11.0 Å². The van der Waals surface area contributed by atoms with Gasteiger partial charge in [-0.25, -0.2) is 5.01 Å². The Morgan fingerprint density at radius 3 is 2.77 bits per heavy atom. The van der Waals surface area contributed by atoms with E-state index >= 15 is 0 Å². The summed E-state index contributed by atoms with van der Waals surface area (Å²) in [5.74, 6) is 0.116. The van der Waals surface area contributed by atoms with Gasteiger partial charge in [0.15, 0.2) is 0 Å². The maximum absolute atomic E-state index is 13.2. The maximum Gasteiger partial charge on any atom is 0.293 e. The molecular formula is C25H28N2O4. The van der Waals surface area contributed by atoms with Crippen LogP contribution in [0.25, 0.3) is 0 Å². The SMILES string of the molecule is Cc1ccc([C@@H]2[C@@H]3CCc4ccc(CO)cc4C3=NN2C(=O)CCCCOC=O)cc1. The predicted octanol–water partition coefficient (Wildman–Crippen LogP) is 3.68. The highest BCUT2D eigenvalue weighted by Gasteiger charge is 2.43. The number of unbranched alkanes of at least 4 members (excludes halogenated alkanes) is 1. The van der Waals surface area contributed by atoms with Gasteiger partial charge in [-0.3, -0.25) is 9.59 Å². The van der Waals surface area contributed by atoms with E-state index in [1.54, 1.807) is 5.01 Å². The Morgan fingerprint density at radius 1 is 1.23 bits per heavy atom. The summed E-state index contributed by atoms with van der Waals surface area (Å²) in [5, 5.41) is 16.1. The quantitative estimate of drug-likeness (QED) is 0.522. The maximum atomic E-state index is 13.2. The fourth-order valence-corrected chi connectivity index (χ4v) is 4.58. The molecule has 6 heteroatoms. The van der Waals surface area contributed by atoms with Crippen LogP contribution in [0, 0.1) is 12.8 Å². The zero-order chi connectivity index (χ0) is 21.8. The molecule has 0 aromatic heterocycles. The number of nitrogens with zero attached hydrogens (tertiary/aromatic N) is 2. The van der Waals surface area contributed by atoms with Crippen LogP contribution in [0.2, 0.25) is 0 Å². The van der Waals surface area contributed by atoms with Gasteiger partial charge in [0.25, 0.3) is 6.47 Å².